The van der Waals surface area contributed by atoms with Crippen LogP contribution in [0.2, 0.25) is 0 Å². The Labute approximate surface area is 184 Å². The minimum absolute atomic E-state index is 0.236. The van der Waals surface area contributed by atoms with Gasteiger partial charge >= 0.3 is 6.03 Å². The standard InChI is InChI=1S/C24H35N3O2S/c28-23(27-13-5-7-18-6-1-2-8-21(18)27)20-16-22(30-17-20)19-9-14-26(15-10-19)24(29)25-11-3-4-12-25/h16-19,21H,1-15H2. The average molecular weight is 430 g/mol. The van der Waals surface area contributed by atoms with Crippen LogP contribution in [0.25, 0.3) is 0 Å². The molecule has 164 valence electrons. The van der Waals surface area contributed by atoms with Gasteiger partial charge in [0, 0.05) is 49.0 Å². The molecule has 6 heteroatoms. The van der Waals surface area contributed by atoms with Crippen molar-refractivity contribution in [2.24, 2.45) is 5.92 Å². The van der Waals surface area contributed by atoms with Crippen molar-refractivity contribution in [3.63, 3.8) is 0 Å². The maximum atomic E-state index is 13.3. The van der Waals surface area contributed by atoms with Gasteiger partial charge in [0.1, 0.15) is 0 Å². The first-order valence-corrected chi connectivity index (χ1v) is 13.0. The largest absolute Gasteiger partial charge is 0.335 e. The van der Waals surface area contributed by atoms with E-state index in [1.165, 1.54) is 37.0 Å². The molecule has 0 N–H and O–H groups in total. The van der Waals surface area contributed by atoms with Crippen LogP contribution in [-0.2, 0) is 0 Å². The highest BCUT2D eigenvalue weighted by atomic mass is 32.1. The lowest BCUT2D eigenvalue weighted by Crippen LogP contribution is -2.49. The molecule has 5 nitrogen and oxygen atoms in total. The van der Waals surface area contributed by atoms with E-state index in [9.17, 15) is 9.59 Å². The number of thiophene rings is 1. The van der Waals surface area contributed by atoms with Crippen molar-refractivity contribution in [3.05, 3.63) is 21.9 Å². The normalized spacial score (nSPS) is 27.9. The van der Waals surface area contributed by atoms with Gasteiger partial charge in [-0.05, 0) is 69.3 Å². The lowest BCUT2D eigenvalue weighted by atomic mass is 9.78. The quantitative estimate of drug-likeness (QED) is 0.668. The van der Waals surface area contributed by atoms with Gasteiger partial charge in [-0.3, -0.25) is 4.79 Å². The fraction of sp³-hybridized carbons (Fsp3) is 0.750. The van der Waals surface area contributed by atoms with Crippen molar-refractivity contribution in [2.45, 2.75) is 76.2 Å². The van der Waals surface area contributed by atoms with Gasteiger partial charge in [-0.2, -0.15) is 0 Å². The van der Waals surface area contributed by atoms with E-state index in [2.05, 4.69) is 16.3 Å². The summed E-state index contributed by atoms with van der Waals surface area (Å²) in [5.41, 5.74) is 0.900. The first-order chi connectivity index (χ1) is 14.7. The van der Waals surface area contributed by atoms with Crippen LogP contribution in [0.15, 0.2) is 11.4 Å². The number of likely N-dealkylation sites (tertiary alicyclic amines) is 3. The molecule has 4 heterocycles. The van der Waals surface area contributed by atoms with Gasteiger partial charge in [0.25, 0.3) is 5.91 Å². The third kappa shape index (κ3) is 4.00. The van der Waals surface area contributed by atoms with Gasteiger partial charge in [-0.25, -0.2) is 4.79 Å². The lowest BCUT2D eigenvalue weighted by Gasteiger charge is -2.44. The average Bonchev–Trinajstić information content (AvgIpc) is 3.50. The first-order valence-electron chi connectivity index (χ1n) is 12.1. The molecule has 4 aliphatic rings. The number of rotatable bonds is 2. The molecule has 0 spiro atoms. The molecule has 4 fully saturated rings. The van der Waals surface area contributed by atoms with E-state index >= 15 is 0 Å². The van der Waals surface area contributed by atoms with E-state index in [1.807, 2.05) is 9.80 Å². The van der Waals surface area contributed by atoms with Crippen LogP contribution in [0.5, 0.6) is 0 Å². The van der Waals surface area contributed by atoms with E-state index in [0.29, 0.717) is 12.0 Å². The van der Waals surface area contributed by atoms with Crippen molar-refractivity contribution in [2.75, 3.05) is 32.7 Å². The van der Waals surface area contributed by atoms with Gasteiger partial charge in [0.2, 0.25) is 0 Å². The molecular formula is C24H35N3O2S. The SMILES string of the molecule is O=C(N1CCCC1)N1CCC(c2cc(C(=O)N3CCCC4CCCCC43)cs2)CC1. The highest BCUT2D eigenvalue weighted by Crippen LogP contribution is 2.37. The predicted octanol–water partition coefficient (Wildman–Crippen LogP) is 4.94. The number of fused-ring (bicyclic) bond motifs is 1. The summed E-state index contributed by atoms with van der Waals surface area (Å²) in [5, 5.41) is 2.09. The Kier molecular flexibility index (Phi) is 6.03. The van der Waals surface area contributed by atoms with Crippen molar-refractivity contribution < 1.29 is 9.59 Å². The summed E-state index contributed by atoms with van der Waals surface area (Å²) in [4.78, 5) is 33.5. The smallest absolute Gasteiger partial charge is 0.319 e. The van der Waals surface area contributed by atoms with Crippen LogP contribution in [0.3, 0.4) is 0 Å². The van der Waals surface area contributed by atoms with Crippen LogP contribution < -0.4 is 0 Å². The monoisotopic (exact) mass is 429 g/mol. The predicted molar refractivity (Wildman–Crippen MR) is 120 cm³/mol. The molecule has 1 saturated carbocycles. The minimum atomic E-state index is 0.236. The summed E-state index contributed by atoms with van der Waals surface area (Å²) in [7, 11) is 0. The molecule has 2 atom stereocenters. The minimum Gasteiger partial charge on any atom is -0.335 e. The summed E-state index contributed by atoms with van der Waals surface area (Å²) in [6.45, 7) is 4.47. The Morgan fingerprint density at radius 1 is 0.800 bits per heavy atom. The Morgan fingerprint density at radius 2 is 1.50 bits per heavy atom. The second-order valence-electron chi connectivity index (χ2n) is 9.73. The van der Waals surface area contributed by atoms with Gasteiger partial charge in [0.15, 0.2) is 0 Å². The number of hydrogen-bond donors (Lipinski definition) is 0. The number of nitrogens with zero attached hydrogens (tertiary/aromatic N) is 3. The fourth-order valence-electron chi connectivity index (χ4n) is 6.19. The van der Waals surface area contributed by atoms with E-state index in [0.717, 1.165) is 76.3 Å². The third-order valence-corrected chi connectivity index (χ3v) is 9.01. The number of piperidine rings is 2. The molecule has 0 bridgehead atoms. The van der Waals surface area contributed by atoms with Crippen molar-refractivity contribution >= 4 is 23.3 Å². The molecule has 3 amide bonds. The number of hydrogen-bond acceptors (Lipinski definition) is 3. The van der Waals surface area contributed by atoms with E-state index in [1.54, 1.807) is 11.3 Å². The van der Waals surface area contributed by atoms with Gasteiger partial charge in [-0.1, -0.05) is 12.8 Å². The second kappa shape index (κ2) is 8.89. The Morgan fingerprint density at radius 3 is 2.30 bits per heavy atom. The van der Waals surface area contributed by atoms with Crippen molar-refractivity contribution in [1.82, 2.24) is 14.7 Å². The summed E-state index contributed by atoms with van der Waals surface area (Å²) < 4.78 is 0. The topological polar surface area (TPSA) is 43.9 Å². The zero-order valence-corrected chi connectivity index (χ0v) is 18.9. The number of amides is 3. The molecule has 1 aromatic rings. The maximum absolute atomic E-state index is 13.3. The molecule has 30 heavy (non-hydrogen) atoms. The second-order valence-corrected chi connectivity index (χ2v) is 10.7. The number of carbonyl (C=O) groups excluding carboxylic acids is 2. The molecular weight excluding hydrogens is 394 g/mol. The Bertz CT molecular complexity index is 762. The Hall–Kier alpha value is -1.56. The van der Waals surface area contributed by atoms with E-state index < -0.39 is 0 Å². The van der Waals surface area contributed by atoms with Crippen molar-refractivity contribution in [1.29, 1.82) is 0 Å². The maximum Gasteiger partial charge on any atom is 0.319 e. The van der Waals surface area contributed by atoms with Crippen LogP contribution in [0, 0.1) is 5.92 Å². The summed E-state index contributed by atoms with van der Waals surface area (Å²) >= 11 is 1.75. The summed E-state index contributed by atoms with van der Waals surface area (Å²) in [6, 6.07) is 2.88. The van der Waals surface area contributed by atoms with Gasteiger partial charge < -0.3 is 14.7 Å². The van der Waals surface area contributed by atoms with Gasteiger partial charge in [-0.15, -0.1) is 11.3 Å². The molecule has 0 aromatic carbocycles. The number of carbonyl (C=O) groups is 2. The van der Waals surface area contributed by atoms with Crippen LogP contribution in [-0.4, -0.2) is 65.4 Å². The first kappa shape index (κ1) is 20.3. The molecule has 1 aliphatic carbocycles. The molecule has 0 radical (unpaired) electrons. The zero-order valence-electron chi connectivity index (χ0n) is 18.1. The van der Waals surface area contributed by atoms with Crippen LogP contribution in [0.4, 0.5) is 4.79 Å². The summed E-state index contributed by atoms with van der Waals surface area (Å²) in [6.07, 6.45) is 11.9. The van der Waals surface area contributed by atoms with Crippen LogP contribution >= 0.6 is 11.3 Å². The third-order valence-electron chi connectivity index (χ3n) is 7.92. The molecule has 1 aromatic heterocycles. The summed E-state index contributed by atoms with van der Waals surface area (Å²) in [5.74, 6) is 1.48. The van der Waals surface area contributed by atoms with E-state index in [-0.39, 0.29) is 11.9 Å². The molecule has 3 saturated heterocycles. The Balaban J connectivity index is 1.19. The lowest BCUT2D eigenvalue weighted by molar-refractivity contribution is 0.0391. The zero-order chi connectivity index (χ0) is 20.5. The molecule has 3 aliphatic heterocycles. The number of urea groups is 1. The highest BCUT2D eigenvalue weighted by molar-refractivity contribution is 7.10. The van der Waals surface area contributed by atoms with E-state index in [4.69, 9.17) is 0 Å². The van der Waals surface area contributed by atoms with Gasteiger partial charge in [0.05, 0.1) is 5.56 Å². The fourth-order valence-corrected chi connectivity index (χ4v) is 7.24. The van der Waals surface area contributed by atoms with Crippen molar-refractivity contribution in [3.8, 4) is 0 Å². The van der Waals surface area contributed by atoms with Crippen LogP contribution in [0.1, 0.15) is 85.4 Å². The molecule has 5 rings (SSSR count). The highest BCUT2D eigenvalue weighted by Gasteiger charge is 2.36. The molecule has 2 unspecified atom stereocenters.